The molecule has 0 saturated carbocycles. The van der Waals surface area contributed by atoms with Crippen LogP contribution in [0.4, 0.5) is 0 Å². The first kappa shape index (κ1) is 13.7. The molecule has 1 aliphatic rings. The standard InChI is InChI=1S/C14H26O2/c15-12-6-5-9-13-7-1-3-10-14(16)11-4-2-8-13/h7,14-16H,1-6,8-12H2/b13-7+. The molecule has 1 atom stereocenters. The first-order valence-corrected chi connectivity index (χ1v) is 6.79. The lowest BCUT2D eigenvalue weighted by atomic mass is 9.96. The highest BCUT2D eigenvalue weighted by molar-refractivity contribution is 5.02. The third-order valence-corrected chi connectivity index (χ3v) is 3.37. The van der Waals surface area contributed by atoms with Crippen LogP contribution in [0.25, 0.3) is 0 Å². The van der Waals surface area contributed by atoms with Crippen LogP contribution in [-0.4, -0.2) is 22.9 Å². The molecule has 0 heterocycles. The van der Waals surface area contributed by atoms with E-state index in [0.29, 0.717) is 6.61 Å². The monoisotopic (exact) mass is 226 g/mol. The van der Waals surface area contributed by atoms with Gasteiger partial charge in [0, 0.05) is 6.61 Å². The minimum atomic E-state index is -0.0654. The van der Waals surface area contributed by atoms with Crippen LogP contribution in [0, 0.1) is 0 Å². The van der Waals surface area contributed by atoms with Gasteiger partial charge in [0.1, 0.15) is 0 Å². The van der Waals surface area contributed by atoms with Crippen LogP contribution in [-0.2, 0) is 0 Å². The highest BCUT2D eigenvalue weighted by atomic mass is 16.3. The number of unbranched alkanes of at least 4 members (excludes halogenated alkanes) is 1. The fourth-order valence-electron chi connectivity index (χ4n) is 2.33. The molecule has 0 amide bonds. The van der Waals surface area contributed by atoms with E-state index < -0.39 is 0 Å². The van der Waals surface area contributed by atoms with E-state index in [4.69, 9.17) is 5.11 Å². The number of hydrogen-bond acceptors (Lipinski definition) is 2. The van der Waals surface area contributed by atoms with Crippen molar-refractivity contribution in [2.24, 2.45) is 0 Å². The third-order valence-electron chi connectivity index (χ3n) is 3.37. The smallest absolute Gasteiger partial charge is 0.0540 e. The second-order valence-electron chi connectivity index (χ2n) is 4.87. The van der Waals surface area contributed by atoms with Crippen LogP contribution in [0.1, 0.15) is 64.2 Å². The zero-order valence-electron chi connectivity index (χ0n) is 10.3. The van der Waals surface area contributed by atoms with Gasteiger partial charge in [0.15, 0.2) is 0 Å². The van der Waals surface area contributed by atoms with E-state index in [9.17, 15) is 5.11 Å². The molecule has 0 aromatic heterocycles. The summed E-state index contributed by atoms with van der Waals surface area (Å²) in [6, 6.07) is 0. The molecule has 16 heavy (non-hydrogen) atoms. The molecule has 1 rings (SSSR count). The van der Waals surface area contributed by atoms with Crippen LogP contribution in [0.5, 0.6) is 0 Å². The lowest BCUT2D eigenvalue weighted by Gasteiger charge is -2.13. The summed E-state index contributed by atoms with van der Waals surface area (Å²) in [6.45, 7) is 0.319. The van der Waals surface area contributed by atoms with Crippen molar-refractivity contribution in [3.63, 3.8) is 0 Å². The van der Waals surface area contributed by atoms with Gasteiger partial charge in [-0.15, -0.1) is 0 Å². The van der Waals surface area contributed by atoms with Gasteiger partial charge in [-0.3, -0.25) is 0 Å². The number of aliphatic hydroxyl groups excluding tert-OH is 2. The average molecular weight is 226 g/mol. The topological polar surface area (TPSA) is 40.5 Å². The van der Waals surface area contributed by atoms with Crippen molar-refractivity contribution >= 4 is 0 Å². The van der Waals surface area contributed by atoms with E-state index in [1.165, 1.54) is 12.8 Å². The highest BCUT2D eigenvalue weighted by Crippen LogP contribution is 2.20. The quantitative estimate of drug-likeness (QED) is 0.571. The molecule has 2 nitrogen and oxygen atoms in total. The summed E-state index contributed by atoms with van der Waals surface area (Å²) in [7, 11) is 0. The summed E-state index contributed by atoms with van der Waals surface area (Å²) < 4.78 is 0. The minimum Gasteiger partial charge on any atom is -0.396 e. The Morgan fingerprint density at radius 1 is 1.12 bits per heavy atom. The molecule has 1 unspecified atom stereocenters. The first-order chi connectivity index (χ1) is 7.83. The van der Waals surface area contributed by atoms with Gasteiger partial charge in [-0.05, 0) is 57.8 Å². The van der Waals surface area contributed by atoms with Crippen molar-refractivity contribution in [3.05, 3.63) is 11.6 Å². The maximum Gasteiger partial charge on any atom is 0.0540 e. The van der Waals surface area contributed by atoms with Crippen LogP contribution in [0.2, 0.25) is 0 Å². The zero-order valence-corrected chi connectivity index (χ0v) is 10.3. The molecule has 94 valence electrons. The Kier molecular flexibility index (Phi) is 7.52. The van der Waals surface area contributed by atoms with E-state index >= 15 is 0 Å². The van der Waals surface area contributed by atoms with Crippen LogP contribution < -0.4 is 0 Å². The second kappa shape index (κ2) is 8.77. The fourth-order valence-corrected chi connectivity index (χ4v) is 2.33. The predicted octanol–water partition coefficient (Wildman–Crippen LogP) is 3.18. The van der Waals surface area contributed by atoms with Gasteiger partial charge in [-0.1, -0.05) is 18.1 Å². The highest BCUT2D eigenvalue weighted by Gasteiger charge is 2.06. The van der Waals surface area contributed by atoms with Crippen molar-refractivity contribution < 1.29 is 10.2 Å². The molecule has 2 N–H and O–H groups in total. The molecule has 0 radical (unpaired) electrons. The second-order valence-corrected chi connectivity index (χ2v) is 4.87. The number of hydrogen-bond donors (Lipinski definition) is 2. The average Bonchev–Trinajstić information content (AvgIpc) is 2.29. The first-order valence-electron chi connectivity index (χ1n) is 6.79. The van der Waals surface area contributed by atoms with E-state index in [0.717, 1.165) is 51.4 Å². The number of rotatable bonds is 4. The van der Waals surface area contributed by atoms with E-state index in [-0.39, 0.29) is 6.10 Å². The summed E-state index contributed by atoms with van der Waals surface area (Å²) in [4.78, 5) is 0. The molecule has 0 fully saturated rings. The molecule has 0 aromatic rings. The molecule has 2 heteroatoms. The lowest BCUT2D eigenvalue weighted by Crippen LogP contribution is -2.06. The molecular weight excluding hydrogens is 200 g/mol. The largest absolute Gasteiger partial charge is 0.396 e. The van der Waals surface area contributed by atoms with Crippen molar-refractivity contribution in [3.8, 4) is 0 Å². The van der Waals surface area contributed by atoms with Gasteiger partial charge in [-0.2, -0.15) is 0 Å². The van der Waals surface area contributed by atoms with Gasteiger partial charge >= 0.3 is 0 Å². The van der Waals surface area contributed by atoms with Crippen LogP contribution >= 0.6 is 0 Å². The molecule has 1 aliphatic carbocycles. The third kappa shape index (κ3) is 6.29. The van der Waals surface area contributed by atoms with Crippen molar-refractivity contribution in [1.29, 1.82) is 0 Å². The van der Waals surface area contributed by atoms with Crippen molar-refractivity contribution in [1.82, 2.24) is 0 Å². The maximum atomic E-state index is 9.62. The Labute approximate surface area is 99.4 Å². The molecule has 0 saturated heterocycles. The lowest BCUT2D eigenvalue weighted by molar-refractivity contribution is 0.148. The van der Waals surface area contributed by atoms with Gasteiger partial charge in [0.05, 0.1) is 6.10 Å². The minimum absolute atomic E-state index is 0.0654. The Morgan fingerprint density at radius 3 is 2.75 bits per heavy atom. The van der Waals surface area contributed by atoms with Gasteiger partial charge < -0.3 is 10.2 Å². The number of allylic oxidation sites excluding steroid dienone is 2. The Balaban J connectivity index is 2.30. The van der Waals surface area contributed by atoms with Gasteiger partial charge in [0.25, 0.3) is 0 Å². The van der Waals surface area contributed by atoms with Crippen LogP contribution in [0.3, 0.4) is 0 Å². The maximum absolute atomic E-state index is 9.62. The van der Waals surface area contributed by atoms with Crippen LogP contribution in [0.15, 0.2) is 11.6 Å². The van der Waals surface area contributed by atoms with Gasteiger partial charge in [0.2, 0.25) is 0 Å². The SMILES string of the molecule is OCCCC/C1=C/CCCC(O)CCCC1. The molecular formula is C14H26O2. The summed E-state index contributed by atoms with van der Waals surface area (Å²) in [5, 5.41) is 18.4. The van der Waals surface area contributed by atoms with Crippen molar-refractivity contribution in [2.45, 2.75) is 70.3 Å². The van der Waals surface area contributed by atoms with E-state index in [1.54, 1.807) is 5.57 Å². The Bertz CT molecular complexity index is 199. The summed E-state index contributed by atoms with van der Waals surface area (Å²) >= 11 is 0. The molecule has 0 bridgehead atoms. The van der Waals surface area contributed by atoms with Crippen molar-refractivity contribution in [2.75, 3.05) is 6.61 Å². The molecule has 0 spiro atoms. The molecule has 0 aliphatic heterocycles. The summed E-state index contributed by atoms with van der Waals surface area (Å²) in [5.41, 5.74) is 1.57. The van der Waals surface area contributed by atoms with E-state index in [1.807, 2.05) is 0 Å². The molecule has 0 aromatic carbocycles. The fraction of sp³-hybridized carbons (Fsp3) is 0.857. The summed E-state index contributed by atoms with van der Waals surface area (Å²) in [6.07, 6.45) is 13.2. The summed E-state index contributed by atoms with van der Waals surface area (Å²) in [5.74, 6) is 0. The van der Waals surface area contributed by atoms with Gasteiger partial charge in [-0.25, -0.2) is 0 Å². The predicted molar refractivity (Wildman–Crippen MR) is 67.3 cm³/mol. The Hall–Kier alpha value is -0.340. The number of aliphatic hydroxyl groups is 2. The normalized spacial score (nSPS) is 27.1. The van der Waals surface area contributed by atoms with E-state index in [2.05, 4.69) is 6.08 Å². The zero-order chi connectivity index (χ0) is 11.6. The Morgan fingerprint density at radius 2 is 1.94 bits per heavy atom.